The van der Waals surface area contributed by atoms with E-state index >= 15 is 0 Å². The molecule has 4 heterocycles. The van der Waals surface area contributed by atoms with Crippen LogP contribution in [0, 0.1) is 0 Å². The Balaban J connectivity index is 1.26. The van der Waals surface area contributed by atoms with Gasteiger partial charge in [0.25, 0.3) is 5.91 Å². The predicted octanol–water partition coefficient (Wildman–Crippen LogP) is 5.03. The van der Waals surface area contributed by atoms with Crippen molar-refractivity contribution in [1.29, 1.82) is 0 Å². The van der Waals surface area contributed by atoms with E-state index in [4.69, 9.17) is 14.1 Å². The second-order valence-electron chi connectivity index (χ2n) is 9.61. The van der Waals surface area contributed by atoms with Crippen LogP contribution in [0.5, 0.6) is 0 Å². The summed E-state index contributed by atoms with van der Waals surface area (Å²) in [6.45, 7) is 5.78. The Morgan fingerprint density at radius 3 is 2.55 bits per heavy atom. The van der Waals surface area contributed by atoms with Crippen LogP contribution >= 0.6 is 11.3 Å². The van der Waals surface area contributed by atoms with E-state index in [1.54, 1.807) is 13.3 Å². The lowest BCUT2D eigenvalue weighted by atomic mass is 10.1. The van der Waals surface area contributed by atoms with Crippen molar-refractivity contribution < 1.29 is 13.9 Å². The van der Waals surface area contributed by atoms with Gasteiger partial charge < -0.3 is 14.5 Å². The zero-order valence-corrected chi connectivity index (χ0v) is 23.1. The lowest BCUT2D eigenvalue weighted by Gasteiger charge is -2.34. The molecule has 2 aromatic carbocycles. The van der Waals surface area contributed by atoms with E-state index in [0.717, 1.165) is 65.8 Å². The Bertz CT molecular complexity index is 1560. The van der Waals surface area contributed by atoms with Crippen molar-refractivity contribution in [3.05, 3.63) is 84.4 Å². The highest BCUT2D eigenvalue weighted by Gasteiger charge is 2.26. The second-order valence-corrected chi connectivity index (χ2v) is 10.6. The molecule has 0 saturated carbocycles. The molecular formula is C30H30N6O3S. The average molecular weight is 555 g/mol. The van der Waals surface area contributed by atoms with Crippen LogP contribution in [-0.4, -0.2) is 77.1 Å². The van der Waals surface area contributed by atoms with E-state index < -0.39 is 0 Å². The molecule has 3 aromatic heterocycles. The van der Waals surface area contributed by atoms with Gasteiger partial charge in [-0.3, -0.25) is 14.6 Å². The number of thiazole rings is 1. The van der Waals surface area contributed by atoms with Crippen molar-refractivity contribution in [2.24, 2.45) is 0 Å². The van der Waals surface area contributed by atoms with Gasteiger partial charge in [0.05, 0.1) is 18.8 Å². The number of amides is 1. The number of para-hydroxylation sites is 1. The van der Waals surface area contributed by atoms with Crippen molar-refractivity contribution in [2.75, 3.05) is 51.8 Å². The Labute approximate surface area is 236 Å². The molecule has 1 fully saturated rings. The zero-order chi connectivity index (χ0) is 27.3. The number of piperazine rings is 1. The summed E-state index contributed by atoms with van der Waals surface area (Å²) in [5.41, 5.74) is 3.45. The van der Waals surface area contributed by atoms with Crippen molar-refractivity contribution in [3.8, 4) is 22.0 Å². The minimum Gasteiger partial charge on any atom is -0.439 e. The average Bonchev–Trinajstić information content (AvgIpc) is 3.62. The third-order valence-corrected chi connectivity index (χ3v) is 7.96. The van der Waals surface area contributed by atoms with Gasteiger partial charge in [0.15, 0.2) is 11.5 Å². The molecule has 1 N–H and O–H groups in total. The SMILES string of the molecule is COCCN1CCN(Cc2oc(-c3ccccc3)nc2C(=O)Nc2ccccc2-c2nc3cccnc3s2)CC1. The number of nitrogens with one attached hydrogen (secondary N) is 1. The molecular weight excluding hydrogens is 524 g/mol. The maximum atomic E-state index is 13.7. The first-order valence-corrected chi connectivity index (χ1v) is 14.1. The zero-order valence-electron chi connectivity index (χ0n) is 22.2. The van der Waals surface area contributed by atoms with E-state index in [0.29, 0.717) is 29.6 Å². The summed E-state index contributed by atoms with van der Waals surface area (Å²) in [5.74, 6) is 0.680. The number of benzene rings is 2. The van der Waals surface area contributed by atoms with Crippen molar-refractivity contribution in [2.45, 2.75) is 6.54 Å². The number of rotatable bonds is 9. The molecule has 0 aliphatic carbocycles. The highest BCUT2D eigenvalue weighted by molar-refractivity contribution is 7.21. The molecule has 1 aliphatic heterocycles. The Morgan fingerprint density at radius 1 is 0.975 bits per heavy atom. The summed E-state index contributed by atoms with van der Waals surface area (Å²) in [7, 11) is 1.73. The largest absolute Gasteiger partial charge is 0.439 e. The van der Waals surface area contributed by atoms with Gasteiger partial charge in [0, 0.05) is 57.2 Å². The van der Waals surface area contributed by atoms with Crippen LogP contribution in [0.25, 0.3) is 32.4 Å². The maximum Gasteiger partial charge on any atom is 0.278 e. The second kappa shape index (κ2) is 12.1. The molecule has 1 aliphatic rings. The molecule has 0 radical (unpaired) electrons. The minimum atomic E-state index is -0.314. The number of oxazole rings is 1. The third-order valence-electron chi connectivity index (χ3n) is 6.95. The van der Waals surface area contributed by atoms with E-state index in [9.17, 15) is 4.79 Å². The number of carbonyl (C=O) groups is 1. The van der Waals surface area contributed by atoms with E-state index in [1.165, 1.54) is 11.3 Å². The van der Waals surface area contributed by atoms with Crippen LogP contribution in [0.2, 0.25) is 0 Å². The van der Waals surface area contributed by atoms with Gasteiger partial charge in [-0.15, -0.1) is 0 Å². The standard InChI is InChI=1S/C30H30N6O3S/c1-38-19-18-35-14-16-36(17-15-35)20-25-26(34-28(39-25)21-8-3-2-4-9-21)27(37)32-23-11-6-5-10-22(23)29-33-24-12-7-13-31-30(24)40-29/h2-13H,14-20H2,1H3,(H,32,37). The molecule has 0 spiro atoms. The Morgan fingerprint density at radius 2 is 1.75 bits per heavy atom. The summed E-state index contributed by atoms with van der Waals surface area (Å²) in [6, 6.07) is 21.1. The number of carbonyl (C=O) groups excluding carboxylic acids is 1. The van der Waals surface area contributed by atoms with Crippen molar-refractivity contribution in [3.63, 3.8) is 0 Å². The molecule has 6 rings (SSSR count). The first-order chi connectivity index (χ1) is 19.7. The van der Waals surface area contributed by atoms with E-state index in [-0.39, 0.29) is 5.91 Å². The quantitative estimate of drug-likeness (QED) is 0.271. The van der Waals surface area contributed by atoms with Crippen LogP contribution < -0.4 is 5.32 Å². The summed E-state index contributed by atoms with van der Waals surface area (Å²) in [6.07, 6.45) is 1.76. The number of ether oxygens (including phenoxy) is 1. The molecule has 5 aromatic rings. The molecule has 0 atom stereocenters. The van der Waals surface area contributed by atoms with Crippen LogP contribution in [0.15, 0.2) is 77.3 Å². The molecule has 1 saturated heterocycles. The first-order valence-electron chi connectivity index (χ1n) is 13.3. The normalized spacial score (nSPS) is 14.5. The smallest absolute Gasteiger partial charge is 0.278 e. The Hall–Kier alpha value is -3.96. The molecule has 40 heavy (non-hydrogen) atoms. The maximum absolute atomic E-state index is 13.7. The molecule has 10 heteroatoms. The van der Waals surface area contributed by atoms with Gasteiger partial charge >= 0.3 is 0 Å². The van der Waals surface area contributed by atoms with Crippen LogP contribution in [-0.2, 0) is 11.3 Å². The van der Waals surface area contributed by atoms with Gasteiger partial charge in [-0.05, 0) is 36.4 Å². The van der Waals surface area contributed by atoms with Crippen molar-refractivity contribution in [1.82, 2.24) is 24.8 Å². The first kappa shape index (κ1) is 26.3. The molecule has 1 amide bonds. The third kappa shape index (κ3) is 5.80. The predicted molar refractivity (Wildman–Crippen MR) is 156 cm³/mol. The molecule has 9 nitrogen and oxygen atoms in total. The fourth-order valence-corrected chi connectivity index (χ4v) is 5.73. The van der Waals surface area contributed by atoms with Crippen LogP contribution in [0.4, 0.5) is 5.69 Å². The summed E-state index contributed by atoms with van der Waals surface area (Å²) >= 11 is 1.49. The van der Waals surface area contributed by atoms with E-state index in [2.05, 4.69) is 25.1 Å². The van der Waals surface area contributed by atoms with Gasteiger partial charge in [-0.2, -0.15) is 0 Å². The number of anilines is 1. The van der Waals surface area contributed by atoms with E-state index in [1.807, 2.05) is 66.7 Å². The fraction of sp³-hybridized carbons (Fsp3) is 0.267. The number of fused-ring (bicyclic) bond motifs is 1. The van der Waals surface area contributed by atoms with Crippen LogP contribution in [0.1, 0.15) is 16.2 Å². The Kier molecular flexibility index (Phi) is 7.92. The molecule has 204 valence electrons. The lowest BCUT2D eigenvalue weighted by Crippen LogP contribution is -2.46. The topological polar surface area (TPSA) is 96.6 Å². The summed E-state index contributed by atoms with van der Waals surface area (Å²) in [4.78, 5) is 33.1. The molecule has 0 unspecified atom stereocenters. The molecule has 0 bridgehead atoms. The number of hydrogen-bond acceptors (Lipinski definition) is 9. The van der Waals surface area contributed by atoms with Gasteiger partial charge in [-0.1, -0.05) is 41.7 Å². The monoisotopic (exact) mass is 554 g/mol. The highest BCUT2D eigenvalue weighted by atomic mass is 32.1. The number of pyridine rings is 1. The number of nitrogens with zero attached hydrogens (tertiary/aromatic N) is 5. The summed E-state index contributed by atoms with van der Waals surface area (Å²) in [5, 5.41) is 3.88. The number of methoxy groups -OCH3 is 1. The minimum absolute atomic E-state index is 0.293. The highest BCUT2D eigenvalue weighted by Crippen LogP contribution is 2.34. The van der Waals surface area contributed by atoms with Crippen molar-refractivity contribution >= 4 is 33.3 Å². The van der Waals surface area contributed by atoms with Gasteiger partial charge in [0.1, 0.15) is 15.4 Å². The number of aromatic nitrogens is 3. The summed E-state index contributed by atoms with van der Waals surface area (Å²) < 4.78 is 11.5. The number of hydrogen-bond donors (Lipinski definition) is 1. The van der Waals surface area contributed by atoms with Gasteiger partial charge in [0.2, 0.25) is 5.89 Å². The van der Waals surface area contributed by atoms with Crippen LogP contribution in [0.3, 0.4) is 0 Å². The fourth-order valence-electron chi connectivity index (χ4n) is 4.78. The lowest BCUT2D eigenvalue weighted by molar-refractivity contribution is 0.0896. The van der Waals surface area contributed by atoms with Gasteiger partial charge in [-0.25, -0.2) is 15.0 Å².